The number of nitrogens with one attached hydrogen (secondary N) is 1. The molecule has 7 heteroatoms. The second-order valence-corrected chi connectivity index (χ2v) is 7.69. The Labute approximate surface area is 152 Å². The van der Waals surface area contributed by atoms with Crippen molar-refractivity contribution in [1.82, 2.24) is 0 Å². The van der Waals surface area contributed by atoms with E-state index in [9.17, 15) is 13.2 Å². The lowest BCUT2D eigenvalue weighted by molar-refractivity contribution is 0.0996. The molecular formula is C19H18N2O4S. The highest BCUT2D eigenvalue weighted by Crippen LogP contribution is 2.24. The Morgan fingerprint density at radius 2 is 1.77 bits per heavy atom. The summed E-state index contributed by atoms with van der Waals surface area (Å²) >= 11 is 0. The van der Waals surface area contributed by atoms with Gasteiger partial charge in [-0.1, -0.05) is 24.3 Å². The van der Waals surface area contributed by atoms with Gasteiger partial charge in [0, 0.05) is 18.3 Å². The average molecular weight is 370 g/mol. The van der Waals surface area contributed by atoms with Gasteiger partial charge in [-0.05, 0) is 43.3 Å². The van der Waals surface area contributed by atoms with Gasteiger partial charge in [-0.25, -0.2) is 8.42 Å². The minimum absolute atomic E-state index is 0.0813. The zero-order valence-corrected chi connectivity index (χ0v) is 15.2. The molecule has 0 aliphatic carbocycles. The number of anilines is 2. The number of aryl methyl sites for hydroxylation is 1. The molecule has 1 N–H and O–H groups in total. The predicted octanol–water partition coefficient (Wildman–Crippen LogP) is 3.67. The highest BCUT2D eigenvalue weighted by molar-refractivity contribution is 7.92. The van der Waals surface area contributed by atoms with Crippen molar-refractivity contribution in [2.75, 3.05) is 16.7 Å². The second kappa shape index (κ2) is 7.05. The molecule has 6 nitrogen and oxygen atoms in total. The van der Waals surface area contributed by atoms with Crippen LogP contribution >= 0.6 is 0 Å². The summed E-state index contributed by atoms with van der Waals surface area (Å²) in [7, 11) is -2.27. The van der Waals surface area contributed by atoms with Gasteiger partial charge in [0.05, 0.1) is 16.8 Å². The molecule has 1 aromatic heterocycles. The largest absolute Gasteiger partial charge is 0.459 e. The van der Waals surface area contributed by atoms with Crippen LogP contribution in [0.5, 0.6) is 0 Å². The van der Waals surface area contributed by atoms with Crippen LogP contribution in [0.3, 0.4) is 0 Å². The van der Waals surface area contributed by atoms with Gasteiger partial charge >= 0.3 is 0 Å². The molecule has 134 valence electrons. The number of nitrogens with zero attached hydrogens (tertiary/aromatic N) is 1. The minimum Gasteiger partial charge on any atom is -0.459 e. The van der Waals surface area contributed by atoms with E-state index in [0.29, 0.717) is 16.9 Å². The number of carbonyl (C=O) groups is 1. The molecule has 0 spiro atoms. The van der Waals surface area contributed by atoms with Crippen LogP contribution in [0, 0.1) is 6.92 Å². The van der Waals surface area contributed by atoms with E-state index in [1.165, 1.54) is 29.7 Å². The van der Waals surface area contributed by atoms with E-state index in [1.54, 1.807) is 49.4 Å². The fourth-order valence-electron chi connectivity index (χ4n) is 2.46. The first-order chi connectivity index (χ1) is 12.4. The molecular weight excluding hydrogens is 352 g/mol. The molecule has 3 aromatic rings. The van der Waals surface area contributed by atoms with Gasteiger partial charge in [0.25, 0.3) is 15.9 Å². The molecule has 0 saturated heterocycles. The fourth-order valence-corrected chi connectivity index (χ4v) is 3.70. The Balaban J connectivity index is 1.87. The number of sulfonamides is 1. The first kappa shape index (κ1) is 17.8. The molecule has 26 heavy (non-hydrogen) atoms. The van der Waals surface area contributed by atoms with Crippen molar-refractivity contribution in [2.24, 2.45) is 0 Å². The molecule has 0 fully saturated rings. The second-order valence-electron chi connectivity index (χ2n) is 5.72. The molecule has 0 radical (unpaired) electrons. The quantitative estimate of drug-likeness (QED) is 0.743. The standard InChI is InChI=1S/C19H18N2O4S/c1-14-11-12-25-18(14)19(22)20-15-7-6-10-17(13-15)26(23,24)21(2)16-8-4-3-5-9-16/h3-13H,1-2H3,(H,20,22). The number of furan rings is 1. The van der Waals surface area contributed by atoms with E-state index in [-0.39, 0.29) is 10.7 Å². The van der Waals surface area contributed by atoms with E-state index in [0.717, 1.165) is 0 Å². The Kier molecular flexibility index (Phi) is 4.81. The Bertz CT molecular complexity index is 1030. The highest BCUT2D eigenvalue weighted by atomic mass is 32.2. The first-order valence-corrected chi connectivity index (χ1v) is 9.33. The van der Waals surface area contributed by atoms with E-state index in [4.69, 9.17) is 4.42 Å². The average Bonchev–Trinajstić information content (AvgIpc) is 3.08. The van der Waals surface area contributed by atoms with Gasteiger partial charge in [0.15, 0.2) is 5.76 Å². The molecule has 3 rings (SSSR count). The van der Waals surface area contributed by atoms with Crippen molar-refractivity contribution >= 4 is 27.3 Å². The Hall–Kier alpha value is -3.06. The number of benzene rings is 2. The summed E-state index contributed by atoms with van der Waals surface area (Å²) in [6.07, 6.45) is 1.43. The van der Waals surface area contributed by atoms with Crippen LogP contribution in [-0.2, 0) is 10.0 Å². The smallest absolute Gasteiger partial charge is 0.291 e. The number of hydrogen-bond donors (Lipinski definition) is 1. The lowest BCUT2D eigenvalue weighted by Gasteiger charge is -2.19. The SMILES string of the molecule is Cc1ccoc1C(=O)Nc1cccc(S(=O)(=O)N(C)c2ccccc2)c1. The number of rotatable bonds is 5. The fraction of sp³-hybridized carbons (Fsp3) is 0.105. The van der Waals surface area contributed by atoms with E-state index >= 15 is 0 Å². The monoisotopic (exact) mass is 370 g/mol. The van der Waals surface area contributed by atoms with E-state index in [2.05, 4.69) is 5.32 Å². The summed E-state index contributed by atoms with van der Waals surface area (Å²) in [4.78, 5) is 12.3. The number of carbonyl (C=O) groups excluding carboxylic acids is 1. The molecule has 0 atom stereocenters. The van der Waals surface area contributed by atoms with Crippen molar-refractivity contribution in [3.05, 3.63) is 78.3 Å². The third kappa shape index (κ3) is 3.48. The third-order valence-electron chi connectivity index (χ3n) is 3.94. The maximum Gasteiger partial charge on any atom is 0.291 e. The van der Waals surface area contributed by atoms with Crippen LogP contribution in [0.2, 0.25) is 0 Å². The van der Waals surface area contributed by atoms with Gasteiger partial charge in [0.2, 0.25) is 0 Å². The first-order valence-electron chi connectivity index (χ1n) is 7.89. The highest BCUT2D eigenvalue weighted by Gasteiger charge is 2.22. The molecule has 0 aliphatic rings. The summed E-state index contributed by atoms with van der Waals surface area (Å²) in [5.41, 5.74) is 1.62. The number of amides is 1. The van der Waals surface area contributed by atoms with E-state index < -0.39 is 15.9 Å². The van der Waals surface area contributed by atoms with E-state index in [1.807, 2.05) is 6.07 Å². The van der Waals surface area contributed by atoms with Crippen LogP contribution in [0.15, 0.2) is 76.2 Å². The Morgan fingerprint density at radius 3 is 2.42 bits per heavy atom. The van der Waals surface area contributed by atoms with Gasteiger partial charge in [-0.15, -0.1) is 0 Å². The third-order valence-corrected chi connectivity index (χ3v) is 5.72. The molecule has 1 amide bonds. The van der Waals surface area contributed by atoms with Crippen LogP contribution in [0.4, 0.5) is 11.4 Å². The summed E-state index contributed by atoms with van der Waals surface area (Å²) in [6.45, 7) is 1.76. The zero-order chi connectivity index (χ0) is 18.7. The predicted molar refractivity (Wildman–Crippen MR) is 99.9 cm³/mol. The van der Waals surface area contributed by atoms with Gasteiger partial charge < -0.3 is 9.73 Å². The summed E-state index contributed by atoms with van der Waals surface area (Å²) in [6, 6.07) is 16.6. The van der Waals surface area contributed by atoms with Gasteiger partial charge in [-0.2, -0.15) is 0 Å². The topological polar surface area (TPSA) is 79.6 Å². The van der Waals surface area contributed by atoms with Crippen molar-refractivity contribution in [2.45, 2.75) is 11.8 Å². The van der Waals surface area contributed by atoms with Crippen LogP contribution in [0.1, 0.15) is 16.1 Å². The normalized spacial score (nSPS) is 11.2. The van der Waals surface area contributed by atoms with Crippen molar-refractivity contribution in [3.63, 3.8) is 0 Å². The lowest BCUT2D eigenvalue weighted by Crippen LogP contribution is -2.26. The Morgan fingerprint density at radius 1 is 1.04 bits per heavy atom. The number of para-hydroxylation sites is 1. The summed E-state index contributed by atoms with van der Waals surface area (Å²) < 4.78 is 32.0. The van der Waals surface area contributed by atoms with Crippen LogP contribution in [-0.4, -0.2) is 21.4 Å². The maximum absolute atomic E-state index is 12.8. The van der Waals surface area contributed by atoms with Crippen molar-refractivity contribution in [3.8, 4) is 0 Å². The molecule has 0 bridgehead atoms. The molecule has 2 aromatic carbocycles. The number of hydrogen-bond acceptors (Lipinski definition) is 4. The summed E-state index contributed by atoms with van der Waals surface area (Å²) in [5, 5.41) is 2.66. The summed E-state index contributed by atoms with van der Waals surface area (Å²) in [5.74, 6) is -0.238. The van der Waals surface area contributed by atoms with Crippen LogP contribution < -0.4 is 9.62 Å². The van der Waals surface area contributed by atoms with Crippen molar-refractivity contribution in [1.29, 1.82) is 0 Å². The zero-order valence-electron chi connectivity index (χ0n) is 14.3. The van der Waals surface area contributed by atoms with Crippen LogP contribution in [0.25, 0.3) is 0 Å². The maximum atomic E-state index is 12.8. The molecule has 0 unspecified atom stereocenters. The minimum atomic E-state index is -3.75. The van der Waals surface area contributed by atoms with Crippen molar-refractivity contribution < 1.29 is 17.6 Å². The van der Waals surface area contributed by atoms with Gasteiger partial charge in [0.1, 0.15) is 0 Å². The van der Waals surface area contributed by atoms with Gasteiger partial charge in [-0.3, -0.25) is 9.10 Å². The molecule has 1 heterocycles. The lowest BCUT2D eigenvalue weighted by atomic mass is 10.2. The molecule has 0 aliphatic heterocycles. The molecule has 0 saturated carbocycles.